The fourth-order valence-corrected chi connectivity index (χ4v) is 1.26. The molecule has 1 amide bonds. The number of rotatable bonds is 4. The van der Waals surface area contributed by atoms with Crippen LogP contribution in [0.3, 0.4) is 0 Å². The molecule has 0 aliphatic heterocycles. The molecular formula is C10H11NO3. The summed E-state index contributed by atoms with van der Waals surface area (Å²) in [6.45, 7) is 1.73. The van der Waals surface area contributed by atoms with Crippen LogP contribution >= 0.6 is 0 Å². The molecule has 0 fully saturated rings. The minimum atomic E-state index is -0.986. The highest BCUT2D eigenvalue weighted by Crippen LogP contribution is 2.16. The third-order valence-electron chi connectivity index (χ3n) is 1.98. The van der Waals surface area contributed by atoms with Crippen LogP contribution in [0.25, 0.3) is 0 Å². The lowest BCUT2D eigenvalue weighted by Crippen LogP contribution is -2.18. The molecule has 0 bridgehead atoms. The minimum Gasteiger partial charge on any atom is -0.478 e. The molecular weight excluding hydrogens is 182 g/mol. The summed E-state index contributed by atoms with van der Waals surface area (Å²) in [5.41, 5.74) is 0.821. The maximum atomic E-state index is 10.8. The van der Waals surface area contributed by atoms with Crippen molar-refractivity contribution < 1.29 is 14.7 Å². The zero-order chi connectivity index (χ0) is 10.6. The van der Waals surface area contributed by atoms with E-state index in [1.165, 1.54) is 6.07 Å². The lowest BCUT2D eigenvalue weighted by Gasteiger charge is -2.12. The van der Waals surface area contributed by atoms with Crippen LogP contribution in [0.4, 0.5) is 0 Å². The molecule has 14 heavy (non-hydrogen) atoms. The fourth-order valence-electron chi connectivity index (χ4n) is 1.26. The van der Waals surface area contributed by atoms with E-state index in [4.69, 9.17) is 5.11 Å². The highest BCUT2D eigenvalue weighted by Gasteiger charge is 2.13. The summed E-state index contributed by atoms with van der Waals surface area (Å²) in [6, 6.07) is 6.30. The van der Waals surface area contributed by atoms with Gasteiger partial charge in [0.15, 0.2) is 0 Å². The molecule has 0 aliphatic carbocycles. The second-order valence-electron chi connectivity index (χ2n) is 2.90. The lowest BCUT2D eigenvalue weighted by molar-refractivity contribution is -0.110. The number of nitrogens with one attached hydrogen (secondary N) is 1. The molecule has 0 spiro atoms. The molecule has 0 aromatic heterocycles. The number of amides is 1. The maximum absolute atomic E-state index is 10.8. The first kappa shape index (κ1) is 10.2. The van der Waals surface area contributed by atoms with Crippen molar-refractivity contribution in [3.8, 4) is 0 Å². The summed E-state index contributed by atoms with van der Waals surface area (Å²) in [7, 11) is 0. The van der Waals surface area contributed by atoms with E-state index in [1.54, 1.807) is 25.1 Å². The first-order valence-electron chi connectivity index (χ1n) is 4.18. The van der Waals surface area contributed by atoms with Crippen LogP contribution in [0, 0.1) is 0 Å². The molecule has 4 heteroatoms. The highest BCUT2D eigenvalue weighted by atomic mass is 16.4. The van der Waals surface area contributed by atoms with Crippen LogP contribution in [-0.2, 0) is 4.79 Å². The van der Waals surface area contributed by atoms with E-state index >= 15 is 0 Å². The first-order chi connectivity index (χ1) is 6.66. The third-order valence-corrected chi connectivity index (χ3v) is 1.98. The Kier molecular flexibility index (Phi) is 3.23. The molecule has 74 valence electrons. The predicted molar refractivity (Wildman–Crippen MR) is 51.0 cm³/mol. The van der Waals surface area contributed by atoms with Crippen LogP contribution < -0.4 is 5.32 Å². The number of carbonyl (C=O) groups is 2. The maximum Gasteiger partial charge on any atom is 0.336 e. The second-order valence-corrected chi connectivity index (χ2v) is 2.90. The van der Waals surface area contributed by atoms with Gasteiger partial charge in [-0.05, 0) is 18.6 Å². The molecule has 2 N–H and O–H groups in total. The first-order valence-corrected chi connectivity index (χ1v) is 4.18. The highest BCUT2D eigenvalue weighted by molar-refractivity contribution is 5.89. The van der Waals surface area contributed by atoms with E-state index in [0.717, 1.165) is 0 Å². The SMILES string of the molecule is CC(NC=O)c1ccccc1C(=O)O. The van der Waals surface area contributed by atoms with Crippen molar-refractivity contribution in [1.82, 2.24) is 5.32 Å². The van der Waals surface area contributed by atoms with Crippen LogP contribution in [0.2, 0.25) is 0 Å². The standard InChI is InChI=1S/C10H11NO3/c1-7(11-6-12)8-4-2-3-5-9(8)10(13)14/h2-7H,1H3,(H,11,12)(H,13,14). The van der Waals surface area contributed by atoms with Crippen molar-refractivity contribution >= 4 is 12.4 Å². The summed E-state index contributed by atoms with van der Waals surface area (Å²) in [6.07, 6.45) is 0.559. The summed E-state index contributed by atoms with van der Waals surface area (Å²) in [5.74, 6) is -0.986. The molecule has 0 radical (unpaired) electrons. The van der Waals surface area contributed by atoms with Crippen molar-refractivity contribution in [2.45, 2.75) is 13.0 Å². The van der Waals surface area contributed by atoms with Gasteiger partial charge in [-0.15, -0.1) is 0 Å². The summed E-state index contributed by atoms with van der Waals surface area (Å²) in [4.78, 5) is 21.0. The van der Waals surface area contributed by atoms with Gasteiger partial charge in [0.25, 0.3) is 0 Å². The topological polar surface area (TPSA) is 66.4 Å². The number of carbonyl (C=O) groups excluding carboxylic acids is 1. The largest absolute Gasteiger partial charge is 0.478 e. The molecule has 1 unspecified atom stereocenters. The number of aromatic carboxylic acids is 1. The minimum absolute atomic E-state index is 0.217. The Bertz CT molecular complexity index is 349. The van der Waals surface area contributed by atoms with Gasteiger partial charge in [-0.25, -0.2) is 4.79 Å². The molecule has 0 saturated heterocycles. The van der Waals surface area contributed by atoms with Gasteiger partial charge < -0.3 is 10.4 Å². The normalized spacial score (nSPS) is 11.8. The van der Waals surface area contributed by atoms with Crippen molar-refractivity contribution in [2.75, 3.05) is 0 Å². The van der Waals surface area contributed by atoms with Crippen molar-refractivity contribution in [2.24, 2.45) is 0 Å². The average molecular weight is 193 g/mol. The Labute approximate surface area is 81.6 Å². The molecule has 4 nitrogen and oxygen atoms in total. The third kappa shape index (κ3) is 2.10. The van der Waals surface area contributed by atoms with E-state index in [9.17, 15) is 9.59 Å². The fraction of sp³-hybridized carbons (Fsp3) is 0.200. The van der Waals surface area contributed by atoms with Gasteiger partial charge in [-0.3, -0.25) is 4.79 Å². The van der Waals surface area contributed by atoms with Crippen LogP contribution in [0.1, 0.15) is 28.9 Å². The molecule has 1 aromatic rings. The number of hydrogen-bond acceptors (Lipinski definition) is 2. The van der Waals surface area contributed by atoms with Gasteiger partial charge in [0.2, 0.25) is 6.41 Å². The van der Waals surface area contributed by atoms with Gasteiger partial charge in [0.1, 0.15) is 0 Å². The second kappa shape index (κ2) is 4.41. The Morgan fingerprint density at radius 2 is 2.14 bits per heavy atom. The zero-order valence-corrected chi connectivity index (χ0v) is 7.73. The number of carboxylic acid groups (broad SMARTS) is 1. The number of benzene rings is 1. The average Bonchev–Trinajstić information content (AvgIpc) is 2.18. The van der Waals surface area contributed by atoms with Gasteiger partial charge in [0.05, 0.1) is 11.6 Å². The van der Waals surface area contributed by atoms with Gasteiger partial charge in [-0.1, -0.05) is 18.2 Å². The summed E-state index contributed by atoms with van der Waals surface area (Å²) in [5, 5.41) is 11.4. The summed E-state index contributed by atoms with van der Waals surface area (Å²) >= 11 is 0. The molecule has 0 aliphatic rings. The smallest absolute Gasteiger partial charge is 0.336 e. The predicted octanol–water partition coefficient (Wildman–Crippen LogP) is 1.19. The van der Waals surface area contributed by atoms with Gasteiger partial charge >= 0.3 is 5.97 Å². The van der Waals surface area contributed by atoms with E-state index in [2.05, 4.69) is 5.32 Å². The number of carboxylic acids is 1. The quantitative estimate of drug-likeness (QED) is 0.706. The van der Waals surface area contributed by atoms with Crippen molar-refractivity contribution in [1.29, 1.82) is 0 Å². The van der Waals surface area contributed by atoms with E-state index in [1.807, 2.05) is 0 Å². The van der Waals surface area contributed by atoms with E-state index < -0.39 is 5.97 Å². The molecule has 1 rings (SSSR count). The van der Waals surface area contributed by atoms with Gasteiger partial charge in [0, 0.05) is 0 Å². The Morgan fingerprint density at radius 3 is 2.71 bits per heavy atom. The lowest BCUT2D eigenvalue weighted by atomic mass is 10.0. The summed E-state index contributed by atoms with van der Waals surface area (Å²) < 4.78 is 0. The Balaban J connectivity index is 3.06. The number of hydrogen-bond donors (Lipinski definition) is 2. The van der Waals surface area contributed by atoms with Gasteiger partial charge in [-0.2, -0.15) is 0 Å². The molecule has 1 aromatic carbocycles. The van der Waals surface area contributed by atoms with Crippen molar-refractivity contribution in [3.63, 3.8) is 0 Å². The zero-order valence-electron chi connectivity index (χ0n) is 7.73. The monoisotopic (exact) mass is 193 g/mol. The Hall–Kier alpha value is -1.84. The molecule has 0 heterocycles. The van der Waals surface area contributed by atoms with Crippen LogP contribution in [-0.4, -0.2) is 17.5 Å². The molecule has 1 atom stereocenters. The van der Waals surface area contributed by atoms with E-state index in [0.29, 0.717) is 12.0 Å². The molecule has 0 saturated carbocycles. The Morgan fingerprint density at radius 1 is 1.50 bits per heavy atom. The van der Waals surface area contributed by atoms with Crippen LogP contribution in [0.15, 0.2) is 24.3 Å². The van der Waals surface area contributed by atoms with Crippen LogP contribution in [0.5, 0.6) is 0 Å². The van der Waals surface area contributed by atoms with Crippen molar-refractivity contribution in [3.05, 3.63) is 35.4 Å². The van der Waals surface area contributed by atoms with E-state index in [-0.39, 0.29) is 11.6 Å².